The van der Waals surface area contributed by atoms with Crippen molar-refractivity contribution in [2.45, 2.75) is 78.1 Å². The molecule has 0 radical (unpaired) electrons. The Morgan fingerprint density at radius 2 is 1.66 bits per heavy atom. The SMILES string of the molecule is CCCCC(CCCCC(=O)CC(=O)Cc1nc(-c2ccc(OC)c(OC)c2)oc1C)Cc1ccccc1. The minimum atomic E-state index is -0.129. The molecule has 0 aliphatic heterocycles. The summed E-state index contributed by atoms with van der Waals surface area (Å²) in [5.41, 5.74) is 2.67. The van der Waals surface area contributed by atoms with E-state index < -0.39 is 0 Å². The van der Waals surface area contributed by atoms with Gasteiger partial charge in [-0.05, 0) is 49.4 Å². The van der Waals surface area contributed by atoms with E-state index in [1.54, 1.807) is 33.3 Å². The molecule has 0 fully saturated rings. The molecule has 38 heavy (non-hydrogen) atoms. The van der Waals surface area contributed by atoms with Gasteiger partial charge in [0.05, 0.1) is 32.8 Å². The van der Waals surface area contributed by atoms with Crippen molar-refractivity contribution in [2.24, 2.45) is 5.92 Å². The molecule has 0 bridgehead atoms. The van der Waals surface area contributed by atoms with Gasteiger partial charge in [0, 0.05) is 12.0 Å². The Morgan fingerprint density at radius 1 is 0.921 bits per heavy atom. The zero-order valence-corrected chi connectivity index (χ0v) is 23.3. The second-order valence-electron chi connectivity index (χ2n) is 9.97. The van der Waals surface area contributed by atoms with Crippen LogP contribution in [0.15, 0.2) is 52.9 Å². The summed E-state index contributed by atoms with van der Waals surface area (Å²) < 4.78 is 16.4. The van der Waals surface area contributed by atoms with E-state index in [0.29, 0.717) is 41.2 Å². The lowest BCUT2D eigenvalue weighted by atomic mass is 9.89. The Kier molecular flexibility index (Phi) is 11.6. The number of aryl methyl sites for hydroxylation is 1. The maximum Gasteiger partial charge on any atom is 0.226 e. The molecule has 3 aromatic rings. The van der Waals surface area contributed by atoms with Crippen LogP contribution in [0.25, 0.3) is 11.5 Å². The predicted octanol–water partition coefficient (Wildman–Crippen LogP) is 7.35. The van der Waals surface area contributed by atoms with E-state index in [0.717, 1.165) is 31.2 Å². The van der Waals surface area contributed by atoms with Crippen LogP contribution in [0.2, 0.25) is 0 Å². The second kappa shape index (κ2) is 15.1. The number of methoxy groups -OCH3 is 2. The number of hydrogen-bond donors (Lipinski definition) is 0. The number of ether oxygens (including phenoxy) is 2. The quantitative estimate of drug-likeness (QED) is 0.137. The Bertz CT molecular complexity index is 1170. The molecule has 0 spiro atoms. The molecule has 0 saturated carbocycles. The molecular weight excluding hydrogens is 478 g/mol. The largest absolute Gasteiger partial charge is 0.493 e. The minimum Gasteiger partial charge on any atom is -0.493 e. The Hall–Kier alpha value is -3.41. The van der Waals surface area contributed by atoms with Gasteiger partial charge in [0.1, 0.15) is 17.3 Å². The molecule has 204 valence electrons. The molecule has 1 aromatic heterocycles. The van der Waals surface area contributed by atoms with Crippen LogP contribution in [-0.2, 0) is 22.4 Å². The van der Waals surface area contributed by atoms with Crippen LogP contribution >= 0.6 is 0 Å². The van der Waals surface area contributed by atoms with Crippen LogP contribution in [0.5, 0.6) is 11.5 Å². The van der Waals surface area contributed by atoms with E-state index >= 15 is 0 Å². The van der Waals surface area contributed by atoms with E-state index in [4.69, 9.17) is 13.9 Å². The van der Waals surface area contributed by atoms with Crippen molar-refractivity contribution < 1.29 is 23.5 Å². The number of benzene rings is 2. The normalized spacial score (nSPS) is 11.8. The molecular formula is C32H41NO5. The number of unbranched alkanes of at least 4 members (excludes halogenated alkanes) is 2. The summed E-state index contributed by atoms with van der Waals surface area (Å²) in [7, 11) is 3.15. The molecule has 0 aliphatic carbocycles. The number of nitrogens with zero attached hydrogens (tertiary/aromatic N) is 1. The lowest BCUT2D eigenvalue weighted by Crippen LogP contribution is -2.11. The van der Waals surface area contributed by atoms with Crippen molar-refractivity contribution in [1.82, 2.24) is 4.98 Å². The van der Waals surface area contributed by atoms with Crippen LogP contribution < -0.4 is 9.47 Å². The van der Waals surface area contributed by atoms with Crippen molar-refractivity contribution in [3.63, 3.8) is 0 Å². The summed E-state index contributed by atoms with van der Waals surface area (Å²) in [6, 6.07) is 16.0. The molecule has 1 unspecified atom stereocenters. The zero-order chi connectivity index (χ0) is 27.3. The lowest BCUT2D eigenvalue weighted by molar-refractivity contribution is -0.126. The van der Waals surface area contributed by atoms with Crippen LogP contribution in [-0.4, -0.2) is 30.8 Å². The van der Waals surface area contributed by atoms with Crippen LogP contribution in [0.3, 0.4) is 0 Å². The van der Waals surface area contributed by atoms with Gasteiger partial charge in [-0.1, -0.05) is 69.4 Å². The number of hydrogen-bond acceptors (Lipinski definition) is 6. The van der Waals surface area contributed by atoms with Gasteiger partial charge in [-0.2, -0.15) is 0 Å². The van der Waals surface area contributed by atoms with Gasteiger partial charge in [-0.15, -0.1) is 0 Å². The highest BCUT2D eigenvalue weighted by atomic mass is 16.5. The van der Waals surface area contributed by atoms with E-state index in [9.17, 15) is 9.59 Å². The first-order valence-electron chi connectivity index (χ1n) is 13.7. The molecule has 6 heteroatoms. The van der Waals surface area contributed by atoms with Crippen molar-refractivity contribution >= 4 is 11.6 Å². The fourth-order valence-electron chi connectivity index (χ4n) is 4.79. The van der Waals surface area contributed by atoms with Gasteiger partial charge in [0.2, 0.25) is 5.89 Å². The average Bonchev–Trinajstić information content (AvgIpc) is 3.29. The topological polar surface area (TPSA) is 78.6 Å². The summed E-state index contributed by atoms with van der Waals surface area (Å²) >= 11 is 0. The third-order valence-electron chi connectivity index (χ3n) is 6.93. The molecule has 0 amide bonds. The van der Waals surface area contributed by atoms with Crippen molar-refractivity contribution in [1.29, 1.82) is 0 Å². The number of ketones is 2. The molecule has 0 aliphatic rings. The molecule has 3 rings (SSSR count). The monoisotopic (exact) mass is 519 g/mol. The maximum atomic E-state index is 12.6. The second-order valence-corrected chi connectivity index (χ2v) is 9.97. The van der Waals surface area contributed by atoms with Gasteiger partial charge >= 0.3 is 0 Å². The first-order valence-corrected chi connectivity index (χ1v) is 13.7. The number of oxazole rings is 1. The van der Waals surface area contributed by atoms with E-state index in [2.05, 4.69) is 42.2 Å². The molecule has 0 N–H and O–H groups in total. The summed E-state index contributed by atoms with van der Waals surface area (Å²) in [5, 5.41) is 0. The molecule has 0 saturated heterocycles. The van der Waals surface area contributed by atoms with Crippen molar-refractivity contribution in [3.8, 4) is 23.0 Å². The number of rotatable bonds is 17. The first-order chi connectivity index (χ1) is 18.4. The number of carbonyl (C=O) groups excluding carboxylic acids is 2. The summed E-state index contributed by atoms with van der Waals surface area (Å²) in [6.45, 7) is 4.01. The maximum absolute atomic E-state index is 12.6. The molecule has 1 heterocycles. The smallest absolute Gasteiger partial charge is 0.226 e. The van der Waals surface area contributed by atoms with Gasteiger partial charge in [0.15, 0.2) is 11.5 Å². The van der Waals surface area contributed by atoms with Crippen molar-refractivity contribution in [2.75, 3.05) is 14.2 Å². The summed E-state index contributed by atoms with van der Waals surface area (Å²) in [5.74, 6) is 2.68. The fraction of sp³-hybridized carbons (Fsp3) is 0.469. The number of aromatic nitrogens is 1. The Morgan fingerprint density at radius 3 is 2.37 bits per heavy atom. The highest BCUT2D eigenvalue weighted by molar-refractivity contribution is 5.99. The van der Waals surface area contributed by atoms with Crippen LogP contribution in [0, 0.1) is 12.8 Å². The zero-order valence-electron chi connectivity index (χ0n) is 23.3. The van der Waals surface area contributed by atoms with Gasteiger partial charge in [-0.25, -0.2) is 4.98 Å². The minimum absolute atomic E-state index is 0.00410. The summed E-state index contributed by atoms with van der Waals surface area (Å²) in [4.78, 5) is 29.6. The van der Waals surface area contributed by atoms with Gasteiger partial charge < -0.3 is 13.9 Å². The predicted molar refractivity (Wildman–Crippen MR) is 150 cm³/mol. The van der Waals surface area contributed by atoms with E-state index in [-0.39, 0.29) is 24.4 Å². The Labute approximate surface area is 226 Å². The van der Waals surface area contributed by atoms with Crippen LogP contribution in [0.4, 0.5) is 0 Å². The molecule has 6 nitrogen and oxygen atoms in total. The van der Waals surface area contributed by atoms with Crippen LogP contribution in [0.1, 0.15) is 75.3 Å². The third kappa shape index (κ3) is 8.86. The lowest BCUT2D eigenvalue weighted by Gasteiger charge is -2.16. The number of carbonyl (C=O) groups is 2. The standard InChI is InChI=1S/C32H41NO5/c1-5-6-12-24(19-25-13-8-7-9-14-25)15-10-11-16-27(34)21-28(35)22-29-23(2)38-32(33-29)26-17-18-30(36-3)31(20-26)37-4/h7-9,13-14,17-18,20,24H,5-6,10-12,15-16,19,21-22H2,1-4H3. The van der Waals surface area contributed by atoms with E-state index in [1.165, 1.54) is 24.8 Å². The van der Waals surface area contributed by atoms with Crippen molar-refractivity contribution in [3.05, 3.63) is 65.5 Å². The number of Topliss-reactive ketones (excluding diaryl/α,β-unsaturated/α-hetero) is 2. The van der Waals surface area contributed by atoms with E-state index in [1.807, 2.05) is 6.07 Å². The molecule has 1 atom stereocenters. The Balaban J connectivity index is 1.45. The molecule has 2 aromatic carbocycles. The van der Waals surface area contributed by atoms with Gasteiger partial charge in [-0.3, -0.25) is 9.59 Å². The summed E-state index contributed by atoms with van der Waals surface area (Å²) in [6.07, 6.45) is 8.20. The third-order valence-corrected chi connectivity index (χ3v) is 6.93. The first kappa shape index (κ1) is 29.2. The van der Waals surface area contributed by atoms with Gasteiger partial charge in [0.25, 0.3) is 0 Å². The highest BCUT2D eigenvalue weighted by Gasteiger charge is 2.18. The average molecular weight is 520 g/mol. The fourth-order valence-corrected chi connectivity index (χ4v) is 4.79. The highest BCUT2D eigenvalue weighted by Crippen LogP contribution is 2.32.